The van der Waals surface area contributed by atoms with Gasteiger partial charge in [-0.2, -0.15) is 8.62 Å². The van der Waals surface area contributed by atoms with Crippen molar-refractivity contribution in [1.82, 2.24) is 19.1 Å². The van der Waals surface area contributed by atoms with Crippen LogP contribution in [0.2, 0.25) is 0 Å². The average Bonchev–Trinajstić information content (AvgIpc) is 3.50. The van der Waals surface area contributed by atoms with Crippen LogP contribution < -0.4 is 5.49 Å². The van der Waals surface area contributed by atoms with Crippen LogP contribution in [0.25, 0.3) is 11.2 Å². The zero-order valence-corrected chi connectivity index (χ0v) is 24.9. The molecule has 0 spiro atoms. The van der Waals surface area contributed by atoms with Gasteiger partial charge in [-0.25, -0.2) is 28.2 Å². The molecule has 10 atom stereocenters. The molecule has 0 radical (unpaired) electrons. The lowest BCUT2D eigenvalue weighted by molar-refractivity contribution is -0.0546. The number of ether oxygens (including phenoxy) is 2. The van der Waals surface area contributed by atoms with E-state index in [9.17, 15) is 48.5 Å². The maximum atomic E-state index is 12.0. The van der Waals surface area contributed by atoms with Crippen LogP contribution in [0.15, 0.2) is 12.7 Å². The van der Waals surface area contributed by atoms with Gasteiger partial charge in [-0.05, 0) is 0 Å². The maximum Gasteiger partial charge on any atom is 0.490 e. The van der Waals surface area contributed by atoms with Crippen molar-refractivity contribution in [2.75, 3.05) is 13.2 Å². The van der Waals surface area contributed by atoms with Gasteiger partial charge in [-0.3, -0.25) is 23.6 Å². The van der Waals surface area contributed by atoms with Crippen molar-refractivity contribution >= 4 is 42.5 Å². The fraction of sp³-hybridized carbons (Fsp3) is 0.667. The van der Waals surface area contributed by atoms with Crippen molar-refractivity contribution in [3.8, 4) is 0 Å². The molecule has 0 bridgehead atoms. The molecule has 11 N–H and O–H groups in total. The lowest BCUT2D eigenvalue weighted by atomic mass is 10.1. The standard InChI is InChI=1S/C15H25N5O20P4/c16-12-7-13(18-4-19(12)14-10(23)8(21)5(37-14)1-35-41(25,26)27)20(3-17-7)15-11(24)9(22)6(38-15)2-36-43(31,32)40-44(33,34)39-42(28,29)30/h3-6,8-11,14-16,21-24H,1-2H2,(H,31,32)(H,33,34)(H2,25,26,27)(H2,28,29,30)/t5-,6-,8-,9+,10-,11-,14-,15-/m1/s1. The number of hydrogen-bond donors (Lipinski definition) is 11. The summed E-state index contributed by atoms with van der Waals surface area (Å²) in [5.74, 6) is 0. The highest BCUT2D eigenvalue weighted by Crippen LogP contribution is 2.66. The largest absolute Gasteiger partial charge is 0.490 e. The topological polar surface area (TPSA) is 385 Å². The third-order valence-corrected chi connectivity index (χ3v) is 10.3. The van der Waals surface area contributed by atoms with E-state index < -0.39 is 99.1 Å². The summed E-state index contributed by atoms with van der Waals surface area (Å²) in [6.07, 6.45) is -11.1. The van der Waals surface area contributed by atoms with Gasteiger partial charge in [0.2, 0.25) is 0 Å². The summed E-state index contributed by atoms with van der Waals surface area (Å²) in [5, 5.41) is 50.0. The highest BCUT2D eigenvalue weighted by molar-refractivity contribution is 7.66. The lowest BCUT2D eigenvalue weighted by Crippen LogP contribution is -2.36. The summed E-state index contributed by atoms with van der Waals surface area (Å²) in [6, 6.07) is 0. The number of rotatable bonds is 12. The van der Waals surface area contributed by atoms with Crippen LogP contribution in [0.5, 0.6) is 0 Å². The molecule has 0 aromatic carbocycles. The number of phosphoric acid groups is 4. The van der Waals surface area contributed by atoms with E-state index in [1.165, 1.54) is 0 Å². The highest BCUT2D eigenvalue weighted by atomic mass is 31.3. The molecule has 250 valence electrons. The fourth-order valence-corrected chi connectivity index (χ4v) is 7.53. The molecule has 2 fully saturated rings. The quantitative estimate of drug-likeness (QED) is 0.0944. The number of aliphatic hydroxyl groups is 4. The summed E-state index contributed by atoms with van der Waals surface area (Å²) in [6.45, 7) is -1.89. The van der Waals surface area contributed by atoms with E-state index in [0.717, 1.165) is 21.8 Å². The molecule has 2 saturated heterocycles. The minimum Gasteiger partial charge on any atom is -0.387 e. The van der Waals surface area contributed by atoms with Crippen LogP contribution in [-0.2, 0) is 45.4 Å². The number of aromatic nitrogens is 4. The zero-order valence-electron chi connectivity index (χ0n) is 21.3. The molecule has 25 nitrogen and oxygen atoms in total. The summed E-state index contributed by atoms with van der Waals surface area (Å²) in [5.41, 5.74) is -0.820. The molecular weight excluding hydrogens is 694 g/mol. The Bertz CT molecular complexity index is 1620. The molecule has 2 aromatic rings. The van der Waals surface area contributed by atoms with Gasteiger partial charge in [0.25, 0.3) is 0 Å². The predicted molar refractivity (Wildman–Crippen MR) is 131 cm³/mol. The van der Waals surface area contributed by atoms with E-state index in [2.05, 4.69) is 27.6 Å². The average molecular weight is 719 g/mol. The second-order valence-electron chi connectivity index (χ2n) is 9.09. The normalized spacial score (nSPS) is 32.6. The summed E-state index contributed by atoms with van der Waals surface area (Å²) < 4.78 is 73.9. The molecule has 2 aliphatic rings. The van der Waals surface area contributed by atoms with E-state index in [4.69, 9.17) is 34.5 Å². The van der Waals surface area contributed by atoms with E-state index in [0.29, 0.717) is 0 Å². The van der Waals surface area contributed by atoms with E-state index in [1.807, 2.05) is 0 Å². The Hall–Kier alpha value is -1.37. The van der Waals surface area contributed by atoms with Crippen LogP contribution in [0, 0.1) is 5.41 Å². The smallest absolute Gasteiger partial charge is 0.387 e. The summed E-state index contributed by atoms with van der Waals surface area (Å²) in [4.78, 5) is 61.8. The van der Waals surface area contributed by atoms with Gasteiger partial charge in [0.15, 0.2) is 29.1 Å². The van der Waals surface area contributed by atoms with Gasteiger partial charge in [-0.1, -0.05) is 0 Å². The van der Waals surface area contributed by atoms with Crippen LogP contribution in [0.1, 0.15) is 12.5 Å². The lowest BCUT2D eigenvalue weighted by Gasteiger charge is -2.19. The van der Waals surface area contributed by atoms with Crippen LogP contribution in [0.4, 0.5) is 0 Å². The van der Waals surface area contributed by atoms with E-state index in [-0.39, 0.29) is 11.2 Å². The molecule has 2 unspecified atom stereocenters. The Morgan fingerprint density at radius 3 is 1.73 bits per heavy atom. The second-order valence-corrected chi connectivity index (χ2v) is 14.7. The van der Waals surface area contributed by atoms with Crippen molar-refractivity contribution in [2.24, 2.45) is 0 Å². The molecule has 4 heterocycles. The minimum absolute atomic E-state index is 0.148. The first-order valence-electron chi connectivity index (χ1n) is 11.6. The molecule has 0 saturated carbocycles. The van der Waals surface area contributed by atoms with Gasteiger partial charge in [0, 0.05) is 0 Å². The van der Waals surface area contributed by atoms with Gasteiger partial charge < -0.3 is 59.3 Å². The van der Waals surface area contributed by atoms with Crippen LogP contribution in [-0.4, -0.2) is 119 Å². The van der Waals surface area contributed by atoms with Crippen molar-refractivity contribution < 1.29 is 95.2 Å². The summed E-state index contributed by atoms with van der Waals surface area (Å²) in [7, 11) is -22.0. The van der Waals surface area contributed by atoms with Crippen molar-refractivity contribution in [3.05, 3.63) is 18.1 Å². The molecule has 4 rings (SSSR count). The van der Waals surface area contributed by atoms with Gasteiger partial charge in [-0.15, -0.1) is 0 Å². The van der Waals surface area contributed by atoms with Crippen molar-refractivity contribution in [1.29, 1.82) is 5.41 Å². The molecule has 0 amide bonds. The predicted octanol–water partition coefficient (Wildman–Crippen LogP) is -3.60. The zero-order chi connectivity index (χ0) is 33.0. The third-order valence-electron chi connectivity index (χ3n) is 6.00. The summed E-state index contributed by atoms with van der Waals surface area (Å²) >= 11 is 0. The third kappa shape index (κ3) is 8.12. The first-order valence-corrected chi connectivity index (χ1v) is 17.6. The van der Waals surface area contributed by atoms with Gasteiger partial charge in [0.05, 0.1) is 19.5 Å². The molecule has 2 aliphatic heterocycles. The number of nitrogens with zero attached hydrogens (tertiary/aromatic N) is 4. The van der Waals surface area contributed by atoms with Gasteiger partial charge in [0.1, 0.15) is 43.0 Å². The number of hydrogen-bond acceptors (Lipinski definition) is 17. The SMILES string of the molecule is N=c1c2ncn([C@@H]3O[C@H](COP(=O)(O)OP(=O)(O)OP(=O)(O)O)[C@H](O)[C@H]3O)c2ncn1[C@@H]1O[C@H](COP(=O)(O)O)[C@@H](O)[C@H]1O. The highest BCUT2D eigenvalue weighted by Gasteiger charge is 2.48. The Labute approximate surface area is 243 Å². The first kappa shape index (κ1) is 35.5. The van der Waals surface area contributed by atoms with Gasteiger partial charge >= 0.3 is 31.3 Å². The molecule has 0 aliphatic carbocycles. The van der Waals surface area contributed by atoms with Crippen molar-refractivity contribution in [3.63, 3.8) is 0 Å². The number of nitrogens with one attached hydrogen (secondary N) is 1. The Morgan fingerprint density at radius 2 is 1.20 bits per heavy atom. The van der Waals surface area contributed by atoms with Crippen LogP contribution >= 0.6 is 31.3 Å². The van der Waals surface area contributed by atoms with Crippen molar-refractivity contribution in [2.45, 2.75) is 49.1 Å². The van der Waals surface area contributed by atoms with E-state index in [1.54, 1.807) is 0 Å². The Balaban J connectivity index is 1.48. The number of imidazole rings is 1. The minimum atomic E-state index is -5.81. The fourth-order valence-electron chi connectivity index (χ4n) is 4.16. The Kier molecular flexibility index (Phi) is 10.2. The molecular formula is C15H25N5O20P4. The van der Waals surface area contributed by atoms with E-state index >= 15 is 0 Å². The second kappa shape index (κ2) is 12.7. The number of phosphoric ester groups is 2. The first-order chi connectivity index (χ1) is 20.1. The monoisotopic (exact) mass is 719 g/mol. The molecule has 2 aromatic heterocycles. The number of fused-ring (bicyclic) bond motifs is 1. The Morgan fingerprint density at radius 1 is 0.705 bits per heavy atom. The number of aliphatic hydroxyl groups excluding tert-OH is 4. The molecule has 44 heavy (non-hydrogen) atoms. The van der Waals surface area contributed by atoms with Crippen LogP contribution in [0.3, 0.4) is 0 Å². The maximum absolute atomic E-state index is 12.0. The molecule has 29 heteroatoms.